The van der Waals surface area contributed by atoms with Gasteiger partial charge >= 0.3 is 0 Å². The minimum absolute atomic E-state index is 0. The van der Waals surface area contributed by atoms with E-state index in [0.29, 0.717) is 5.41 Å². The maximum atomic E-state index is 5.66. The SMILES string of the molecule is CC1(C)CC2(CNC2)CO1.Cl. The molecule has 0 radical (unpaired) electrons. The van der Waals surface area contributed by atoms with Gasteiger partial charge in [-0.05, 0) is 20.3 Å². The highest BCUT2D eigenvalue weighted by atomic mass is 35.5. The summed E-state index contributed by atoms with van der Waals surface area (Å²) in [6, 6.07) is 0. The lowest BCUT2D eigenvalue weighted by molar-refractivity contribution is 0.0272. The molecule has 0 aromatic heterocycles. The smallest absolute Gasteiger partial charge is 0.0633 e. The second kappa shape index (κ2) is 2.61. The Morgan fingerprint density at radius 2 is 1.91 bits per heavy atom. The summed E-state index contributed by atoms with van der Waals surface area (Å²) in [4.78, 5) is 0. The van der Waals surface area contributed by atoms with Crippen molar-refractivity contribution >= 4 is 12.4 Å². The first-order chi connectivity index (χ1) is 4.62. The van der Waals surface area contributed by atoms with Gasteiger partial charge in [0.25, 0.3) is 0 Å². The molecule has 2 aliphatic rings. The predicted octanol–water partition coefficient (Wildman–Crippen LogP) is 1.20. The number of halogens is 1. The molecule has 0 aromatic rings. The monoisotopic (exact) mass is 177 g/mol. The third-order valence-electron chi connectivity index (χ3n) is 2.57. The lowest BCUT2D eigenvalue weighted by Gasteiger charge is -2.38. The van der Waals surface area contributed by atoms with Gasteiger partial charge in [0.05, 0.1) is 12.2 Å². The van der Waals surface area contributed by atoms with Crippen molar-refractivity contribution in [3.8, 4) is 0 Å². The van der Waals surface area contributed by atoms with E-state index in [4.69, 9.17) is 4.74 Å². The van der Waals surface area contributed by atoms with E-state index in [0.717, 1.165) is 19.7 Å². The van der Waals surface area contributed by atoms with Gasteiger partial charge in [-0.25, -0.2) is 0 Å². The van der Waals surface area contributed by atoms with E-state index in [1.165, 1.54) is 6.42 Å². The van der Waals surface area contributed by atoms with Crippen LogP contribution in [0.2, 0.25) is 0 Å². The van der Waals surface area contributed by atoms with Crippen molar-refractivity contribution in [1.82, 2.24) is 5.32 Å². The lowest BCUT2D eigenvalue weighted by Crippen LogP contribution is -2.54. The maximum Gasteiger partial charge on any atom is 0.0633 e. The van der Waals surface area contributed by atoms with Gasteiger partial charge in [-0.15, -0.1) is 12.4 Å². The highest BCUT2D eigenvalue weighted by Crippen LogP contribution is 2.41. The molecule has 0 unspecified atom stereocenters. The van der Waals surface area contributed by atoms with Gasteiger partial charge in [-0.1, -0.05) is 0 Å². The molecular weight excluding hydrogens is 162 g/mol. The molecule has 0 aliphatic carbocycles. The standard InChI is InChI=1S/C8H15NO.ClH/c1-7(2)3-8(6-10-7)4-9-5-8;/h9H,3-6H2,1-2H3;1H. The van der Waals surface area contributed by atoms with Crippen LogP contribution in [0.3, 0.4) is 0 Å². The Morgan fingerprint density at radius 3 is 2.09 bits per heavy atom. The summed E-state index contributed by atoms with van der Waals surface area (Å²) < 4.78 is 5.66. The topological polar surface area (TPSA) is 21.3 Å². The summed E-state index contributed by atoms with van der Waals surface area (Å²) in [5, 5.41) is 3.30. The number of ether oxygens (including phenoxy) is 1. The van der Waals surface area contributed by atoms with Crippen molar-refractivity contribution in [1.29, 1.82) is 0 Å². The molecule has 1 spiro atoms. The fourth-order valence-electron chi connectivity index (χ4n) is 2.06. The zero-order chi connectivity index (χ0) is 7.24. The van der Waals surface area contributed by atoms with Gasteiger partial charge < -0.3 is 10.1 Å². The Labute approximate surface area is 74.1 Å². The van der Waals surface area contributed by atoms with Crippen LogP contribution in [0.4, 0.5) is 0 Å². The molecule has 0 saturated carbocycles. The fraction of sp³-hybridized carbons (Fsp3) is 1.00. The number of nitrogens with one attached hydrogen (secondary N) is 1. The zero-order valence-electron chi connectivity index (χ0n) is 7.14. The molecule has 2 nitrogen and oxygen atoms in total. The summed E-state index contributed by atoms with van der Waals surface area (Å²) >= 11 is 0. The number of rotatable bonds is 0. The summed E-state index contributed by atoms with van der Waals surface area (Å²) in [7, 11) is 0. The van der Waals surface area contributed by atoms with Gasteiger partial charge in [-0.2, -0.15) is 0 Å². The van der Waals surface area contributed by atoms with Crippen molar-refractivity contribution in [3.05, 3.63) is 0 Å². The Balaban J connectivity index is 0.000000605. The number of hydrogen-bond acceptors (Lipinski definition) is 2. The second-order valence-corrected chi connectivity index (χ2v) is 4.33. The van der Waals surface area contributed by atoms with Crippen LogP contribution in [-0.4, -0.2) is 25.3 Å². The molecule has 2 fully saturated rings. The normalized spacial score (nSPS) is 31.1. The molecule has 11 heavy (non-hydrogen) atoms. The summed E-state index contributed by atoms with van der Waals surface area (Å²) in [5.41, 5.74) is 0.658. The van der Waals surface area contributed by atoms with Crippen LogP contribution in [-0.2, 0) is 4.74 Å². The third-order valence-corrected chi connectivity index (χ3v) is 2.57. The Hall–Kier alpha value is 0.210. The maximum absolute atomic E-state index is 5.66. The summed E-state index contributed by atoms with van der Waals surface area (Å²) in [5.74, 6) is 0. The molecule has 0 atom stereocenters. The molecule has 0 amide bonds. The molecule has 3 heteroatoms. The van der Waals surface area contributed by atoms with Crippen LogP contribution < -0.4 is 5.32 Å². The van der Waals surface area contributed by atoms with Crippen molar-refractivity contribution < 1.29 is 4.74 Å². The molecular formula is C8H16ClNO. The van der Waals surface area contributed by atoms with Crippen LogP contribution in [0.1, 0.15) is 20.3 Å². The average molecular weight is 178 g/mol. The quantitative estimate of drug-likeness (QED) is 0.601. The highest BCUT2D eigenvalue weighted by Gasteiger charge is 2.47. The average Bonchev–Trinajstić information content (AvgIpc) is 2.04. The van der Waals surface area contributed by atoms with E-state index in [1.54, 1.807) is 0 Å². The summed E-state index contributed by atoms with van der Waals surface area (Å²) in [6.07, 6.45) is 1.23. The molecule has 1 N–H and O–H groups in total. The largest absolute Gasteiger partial charge is 0.375 e. The Bertz CT molecular complexity index is 154. The van der Waals surface area contributed by atoms with Crippen LogP contribution >= 0.6 is 12.4 Å². The molecule has 66 valence electrons. The van der Waals surface area contributed by atoms with E-state index < -0.39 is 0 Å². The molecule has 2 saturated heterocycles. The van der Waals surface area contributed by atoms with Gasteiger partial charge in [0.15, 0.2) is 0 Å². The van der Waals surface area contributed by atoms with E-state index in [9.17, 15) is 0 Å². The molecule has 2 rings (SSSR count). The first-order valence-corrected chi connectivity index (χ1v) is 3.97. The first kappa shape index (κ1) is 9.30. The second-order valence-electron chi connectivity index (χ2n) is 4.33. The van der Waals surface area contributed by atoms with Crippen LogP contribution in [0.25, 0.3) is 0 Å². The number of hydrogen-bond donors (Lipinski definition) is 1. The predicted molar refractivity (Wildman–Crippen MR) is 47.2 cm³/mol. The third kappa shape index (κ3) is 1.53. The van der Waals surface area contributed by atoms with Gasteiger partial charge in [0.1, 0.15) is 0 Å². The zero-order valence-corrected chi connectivity index (χ0v) is 7.96. The van der Waals surface area contributed by atoms with Crippen LogP contribution in [0.15, 0.2) is 0 Å². The Morgan fingerprint density at radius 1 is 1.27 bits per heavy atom. The van der Waals surface area contributed by atoms with Gasteiger partial charge in [0.2, 0.25) is 0 Å². The van der Waals surface area contributed by atoms with E-state index in [1.807, 2.05) is 0 Å². The summed E-state index contributed by atoms with van der Waals surface area (Å²) in [6.45, 7) is 7.65. The van der Waals surface area contributed by atoms with Crippen molar-refractivity contribution in [2.24, 2.45) is 5.41 Å². The lowest BCUT2D eigenvalue weighted by atomic mass is 9.77. The van der Waals surface area contributed by atoms with Gasteiger partial charge in [0, 0.05) is 18.5 Å². The van der Waals surface area contributed by atoms with Crippen molar-refractivity contribution in [2.75, 3.05) is 19.7 Å². The van der Waals surface area contributed by atoms with Gasteiger partial charge in [-0.3, -0.25) is 0 Å². The van der Waals surface area contributed by atoms with E-state index >= 15 is 0 Å². The molecule has 0 aromatic carbocycles. The van der Waals surface area contributed by atoms with Crippen molar-refractivity contribution in [3.63, 3.8) is 0 Å². The minimum Gasteiger partial charge on any atom is -0.375 e. The van der Waals surface area contributed by atoms with E-state index in [-0.39, 0.29) is 18.0 Å². The fourth-order valence-corrected chi connectivity index (χ4v) is 2.06. The van der Waals surface area contributed by atoms with Crippen LogP contribution in [0, 0.1) is 5.41 Å². The van der Waals surface area contributed by atoms with Crippen molar-refractivity contribution in [2.45, 2.75) is 25.9 Å². The highest BCUT2D eigenvalue weighted by molar-refractivity contribution is 5.85. The molecule has 2 aliphatic heterocycles. The molecule has 0 bridgehead atoms. The van der Waals surface area contributed by atoms with Crippen LogP contribution in [0.5, 0.6) is 0 Å². The minimum atomic E-state index is 0. The first-order valence-electron chi connectivity index (χ1n) is 3.97. The van der Waals surface area contributed by atoms with E-state index in [2.05, 4.69) is 19.2 Å². The Kier molecular flexibility index (Phi) is 2.21. The molecule has 2 heterocycles.